The van der Waals surface area contributed by atoms with Gasteiger partial charge in [-0.1, -0.05) is 6.07 Å². The summed E-state index contributed by atoms with van der Waals surface area (Å²) in [5.74, 6) is 1.53. The third kappa shape index (κ3) is 3.55. The first kappa shape index (κ1) is 16.6. The highest BCUT2D eigenvalue weighted by Gasteiger charge is 2.20. The highest BCUT2D eigenvalue weighted by atomic mass is 16.6. The molecule has 1 aromatic carbocycles. The standard InChI is InChI=1S/C18H20N4O4/c23-17(14-2-1-3-15-16(14)26-11-10-25-15)20-12-13-4-5-19-18(21-13)22-6-8-24-9-7-22/h1-5H,6-12H2,(H,20,23). The monoisotopic (exact) mass is 356 g/mol. The zero-order valence-corrected chi connectivity index (χ0v) is 14.3. The number of rotatable bonds is 4. The number of ether oxygens (including phenoxy) is 3. The van der Waals surface area contributed by atoms with Gasteiger partial charge in [-0.15, -0.1) is 0 Å². The molecule has 1 fully saturated rings. The minimum atomic E-state index is -0.223. The second kappa shape index (κ2) is 7.57. The van der Waals surface area contributed by atoms with Gasteiger partial charge in [0.15, 0.2) is 11.5 Å². The predicted molar refractivity (Wildman–Crippen MR) is 93.7 cm³/mol. The van der Waals surface area contributed by atoms with Crippen molar-refractivity contribution in [1.29, 1.82) is 0 Å². The van der Waals surface area contributed by atoms with Crippen LogP contribution in [0.25, 0.3) is 0 Å². The van der Waals surface area contributed by atoms with Crippen molar-refractivity contribution in [2.45, 2.75) is 6.54 Å². The Morgan fingerprint density at radius 1 is 1.12 bits per heavy atom. The van der Waals surface area contributed by atoms with Crippen molar-refractivity contribution in [3.8, 4) is 11.5 Å². The molecule has 8 heteroatoms. The normalized spacial score (nSPS) is 16.2. The van der Waals surface area contributed by atoms with Crippen molar-refractivity contribution in [2.24, 2.45) is 0 Å². The van der Waals surface area contributed by atoms with Crippen molar-refractivity contribution in [3.05, 3.63) is 41.7 Å². The highest BCUT2D eigenvalue weighted by molar-refractivity contribution is 5.97. The second-order valence-corrected chi connectivity index (χ2v) is 5.96. The molecule has 0 atom stereocenters. The molecule has 1 N–H and O–H groups in total. The van der Waals surface area contributed by atoms with Crippen molar-refractivity contribution in [3.63, 3.8) is 0 Å². The summed E-state index contributed by atoms with van der Waals surface area (Å²) in [4.78, 5) is 23.5. The molecule has 1 amide bonds. The van der Waals surface area contributed by atoms with Crippen LogP contribution < -0.4 is 19.7 Å². The van der Waals surface area contributed by atoms with Gasteiger partial charge in [0.1, 0.15) is 13.2 Å². The number of nitrogens with zero attached hydrogens (tertiary/aromatic N) is 3. The van der Waals surface area contributed by atoms with Gasteiger partial charge < -0.3 is 24.4 Å². The lowest BCUT2D eigenvalue weighted by Gasteiger charge is -2.26. The number of hydrogen-bond donors (Lipinski definition) is 1. The van der Waals surface area contributed by atoms with Gasteiger partial charge in [0.25, 0.3) is 5.91 Å². The number of hydrogen-bond acceptors (Lipinski definition) is 7. The predicted octanol–water partition coefficient (Wildman–Crippen LogP) is 1.01. The van der Waals surface area contributed by atoms with E-state index in [1.807, 2.05) is 0 Å². The van der Waals surface area contributed by atoms with Gasteiger partial charge in [-0.3, -0.25) is 4.79 Å². The van der Waals surface area contributed by atoms with Gasteiger partial charge in [0, 0.05) is 19.3 Å². The van der Waals surface area contributed by atoms with Crippen molar-refractivity contribution in [2.75, 3.05) is 44.4 Å². The molecular formula is C18H20N4O4. The Hall–Kier alpha value is -2.87. The zero-order chi connectivity index (χ0) is 17.8. The number of anilines is 1. The van der Waals surface area contributed by atoms with Crippen LogP contribution in [0.4, 0.5) is 5.95 Å². The number of carbonyl (C=O) groups is 1. The molecule has 0 spiro atoms. The molecule has 2 aromatic rings. The maximum atomic E-state index is 12.6. The lowest BCUT2D eigenvalue weighted by atomic mass is 10.1. The Balaban J connectivity index is 1.43. The molecule has 3 heterocycles. The van der Waals surface area contributed by atoms with Gasteiger partial charge in [-0.2, -0.15) is 0 Å². The summed E-state index contributed by atoms with van der Waals surface area (Å²) in [6.45, 7) is 4.11. The van der Waals surface area contributed by atoms with E-state index in [1.54, 1.807) is 30.5 Å². The highest BCUT2D eigenvalue weighted by Crippen LogP contribution is 2.33. The zero-order valence-electron chi connectivity index (χ0n) is 14.3. The Kier molecular flexibility index (Phi) is 4.83. The van der Waals surface area contributed by atoms with E-state index in [4.69, 9.17) is 14.2 Å². The average molecular weight is 356 g/mol. The van der Waals surface area contributed by atoms with E-state index in [2.05, 4.69) is 20.2 Å². The molecule has 0 radical (unpaired) electrons. The molecule has 8 nitrogen and oxygen atoms in total. The van der Waals surface area contributed by atoms with E-state index in [0.717, 1.165) is 18.8 Å². The number of aromatic nitrogens is 2. The third-order valence-electron chi connectivity index (χ3n) is 4.24. The summed E-state index contributed by atoms with van der Waals surface area (Å²) in [6.07, 6.45) is 1.71. The lowest BCUT2D eigenvalue weighted by molar-refractivity contribution is 0.0939. The van der Waals surface area contributed by atoms with E-state index in [9.17, 15) is 4.79 Å². The second-order valence-electron chi connectivity index (χ2n) is 5.96. The largest absolute Gasteiger partial charge is 0.486 e. The van der Waals surface area contributed by atoms with Crippen LogP contribution in [0.2, 0.25) is 0 Å². The molecular weight excluding hydrogens is 336 g/mol. The molecule has 136 valence electrons. The molecule has 4 rings (SSSR count). The first-order valence-corrected chi connectivity index (χ1v) is 8.63. The fraction of sp³-hybridized carbons (Fsp3) is 0.389. The van der Waals surface area contributed by atoms with Crippen LogP contribution in [0.15, 0.2) is 30.5 Å². The molecule has 0 bridgehead atoms. The molecule has 1 aromatic heterocycles. The Labute approximate surface area is 151 Å². The molecule has 0 aliphatic carbocycles. The summed E-state index contributed by atoms with van der Waals surface area (Å²) in [7, 11) is 0. The van der Waals surface area contributed by atoms with Crippen LogP contribution in [0.3, 0.4) is 0 Å². The van der Waals surface area contributed by atoms with Crippen LogP contribution in [0, 0.1) is 0 Å². The molecule has 0 unspecified atom stereocenters. The maximum absolute atomic E-state index is 12.6. The molecule has 2 aliphatic heterocycles. The van der Waals surface area contributed by atoms with Gasteiger partial charge in [0.2, 0.25) is 5.95 Å². The van der Waals surface area contributed by atoms with Crippen LogP contribution in [-0.4, -0.2) is 55.4 Å². The van der Waals surface area contributed by atoms with E-state index < -0.39 is 0 Å². The van der Waals surface area contributed by atoms with Crippen molar-refractivity contribution < 1.29 is 19.0 Å². The fourth-order valence-corrected chi connectivity index (χ4v) is 2.92. The van der Waals surface area contributed by atoms with Crippen LogP contribution in [0.5, 0.6) is 11.5 Å². The van der Waals surface area contributed by atoms with Crippen LogP contribution in [0.1, 0.15) is 16.1 Å². The van der Waals surface area contributed by atoms with E-state index >= 15 is 0 Å². The summed E-state index contributed by atoms with van der Waals surface area (Å²) < 4.78 is 16.5. The molecule has 0 saturated carbocycles. The Morgan fingerprint density at radius 2 is 1.96 bits per heavy atom. The van der Waals surface area contributed by atoms with Crippen LogP contribution in [-0.2, 0) is 11.3 Å². The summed E-state index contributed by atoms with van der Waals surface area (Å²) >= 11 is 0. The smallest absolute Gasteiger partial charge is 0.255 e. The molecule has 26 heavy (non-hydrogen) atoms. The number of benzene rings is 1. The van der Waals surface area contributed by atoms with Crippen LogP contribution >= 0.6 is 0 Å². The first-order valence-electron chi connectivity index (χ1n) is 8.63. The van der Waals surface area contributed by atoms with Crippen molar-refractivity contribution in [1.82, 2.24) is 15.3 Å². The SMILES string of the molecule is O=C(NCc1ccnc(N2CCOCC2)n1)c1cccc2c1OCCO2. The van der Waals surface area contributed by atoms with E-state index in [-0.39, 0.29) is 5.91 Å². The Bertz CT molecular complexity index is 793. The quantitative estimate of drug-likeness (QED) is 0.875. The summed E-state index contributed by atoms with van der Waals surface area (Å²) in [6, 6.07) is 7.10. The van der Waals surface area contributed by atoms with Gasteiger partial charge in [-0.25, -0.2) is 9.97 Å². The minimum Gasteiger partial charge on any atom is -0.486 e. The van der Waals surface area contributed by atoms with E-state index in [1.165, 1.54) is 0 Å². The number of morpholine rings is 1. The lowest BCUT2D eigenvalue weighted by Crippen LogP contribution is -2.37. The summed E-state index contributed by atoms with van der Waals surface area (Å²) in [5.41, 5.74) is 1.21. The van der Waals surface area contributed by atoms with Gasteiger partial charge in [-0.05, 0) is 18.2 Å². The third-order valence-corrected chi connectivity index (χ3v) is 4.24. The van der Waals surface area contributed by atoms with Gasteiger partial charge in [0.05, 0.1) is 31.0 Å². The Morgan fingerprint density at radius 3 is 2.85 bits per heavy atom. The number of para-hydroxylation sites is 1. The van der Waals surface area contributed by atoms with E-state index in [0.29, 0.717) is 56.0 Å². The number of carbonyl (C=O) groups excluding carboxylic acids is 1. The van der Waals surface area contributed by atoms with Gasteiger partial charge >= 0.3 is 0 Å². The topological polar surface area (TPSA) is 85.8 Å². The maximum Gasteiger partial charge on any atom is 0.255 e. The molecule has 2 aliphatic rings. The number of nitrogens with one attached hydrogen (secondary N) is 1. The first-order chi connectivity index (χ1) is 12.8. The average Bonchev–Trinajstić information content (AvgIpc) is 2.72. The van der Waals surface area contributed by atoms with Crippen molar-refractivity contribution >= 4 is 11.9 Å². The number of fused-ring (bicyclic) bond motifs is 1. The fourth-order valence-electron chi connectivity index (χ4n) is 2.92. The molecule has 1 saturated heterocycles. The minimum absolute atomic E-state index is 0.223. The number of amides is 1. The summed E-state index contributed by atoms with van der Waals surface area (Å²) in [5, 5.41) is 2.89.